The van der Waals surface area contributed by atoms with Crippen molar-refractivity contribution in [1.29, 1.82) is 0 Å². The van der Waals surface area contributed by atoms with E-state index in [0.29, 0.717) is 6.04 Å². The molecule has 0 heterocycles. The van der Waals surface area contributed by atoms with E-state index in [1.54, 1.807) is 0 Å². The molecule has 0 atom stereocenters. The Hall–Kier alpha value is -0.580. The van der Waals surface area contributed by atoms with Crippen molar-refractivity contribution in [2.45, 2.75) is 38.3 Å². The molecule has 0 aromatic heterocycles. The molecule has 1 aliphatic rings. The highest BCUT2D eigenvalue weighted by molar-refractivity contribution is 9.10. The minimum atomic E-state index is -0.158. The lowest BCUT2D eigenvalue weighted by atomic mass is 9.85. The minimum absolute atomic E-state index is 0.0642. The number of hydrogen-bond donors (Lipinski definition) is 2. The average molecular weight is 346 g/mol. The fourth-order valence-electron chi connectivity index (χ4n) is 2.50. The van der Waals surface area contributed by atoms with Crippen LogP contribution in [0.25, 0.3) is 0 Å². The molecule has 0 spiro atoms. The van der Waals surface area contributed by atoms with Crippen LogP contribution in [-0.4, -0.2) is 11.9 Å². The number of primary amides is 1. The molecule has 1 saturated carbocycles. The summed E-state index contributed by atoms with van der Waals surface area (Å²) in [5, 5.41) is 4.28. The fourth-order valence-corrected chi connectivity index (χ4v) is 3.24. The van der Waals surface area contributed by atoms with Crippen LogP contribution in [0.3, 0.4) is 0 Å². The Morgan fingerprint density at radius 2 is 2.05 bits per heavy atom. The van der Waals surface area contributed by atoms with Gasteiger partial charge in [0.25, 0.3) is 0 Å². The summed E-state index contributed by atoms with van der Waals surface area (Å²) in [6.07, 6.45) is 3.78. The Bertz CT molecular complexity index is 459. The van der Waals surface area contributed by atoms with Crippen molar-refractivity contribution in [3.05, 3.63) is 33.3 Å². The maximum atomic E-state index is 11.1. The van der Waals surface area contributed by atoms with Gasteiger partial charge in [-0.1, -0.05) is 33.6 Å². The molecule has 0 saturated heterocycles. The number of carbonyl (C=O) groups is 1. The summed E-state index contributed by atoms with van der Waals surface area (Å²) >= 11 is 9.58. The zero-order chi connectivity index (χ0) is 13.8. The summed E-state index contributed by atoms with van der Waals surface area (Å²) in [6, 6.07) is 6.37. The van der Waals surface area contributed by atoms with Crippen molar-refractivity contribution in [2.75, 3.05) is 0 Å². The van der Waals surface area contributed by atoms with Crippen LogP contribution in [0.2, 0.25) is 5.02 Å². The third-order valence-corrected chi connectivity index (χ3v) is 4.57. The van der Waals surface area contributed by atoms with Crippen molar-refractivity contribution < 1.29 is 4.79 Å². The van der Waals surface area contributed by atoms with Crippen LogP contribution in [0.15, 0.2) is 22.7 Å². The lowest BCUT2D eigenvalue weighted by Gasteiger charge is -2.27. The Labute approximate surface area is 127 Å². The van der Waals surface area contributed by atoms with Gasteiger partial charge in [-0.05, 0) is 43.4 Å². The first-order chi connectivity index (χ1) is 9.06. The van der Waals surface area contributed by atoms with Crippen molar-refractivity contribution in [3.8, 4) is 0 Å². The minimum Gasteiger partial charge on any atom is -0.369 e. The molecular weight excluding hydrogens is 328 g/mol. The highest BCUT2D eigenvalue weighted by Gasteiger charge is 2.24. The van der Waals surface area contributed by atoms with Gasteiger partial charge in [0.1, 0.15) is 0 Å². The van der Waals surface area contributed by atoms with Gasteiger partial charge in [0.05, 0.1) is 0 Å². The Morgan fingerprint density at radius 1 is 1.37 bits per heavy atom. The standard InChI is InChI=1S/C14H18BrClN2O/c15-11-4-1-10(13(16)7-11)8-18-12-5-2-9(3-6-12)14(17)19/h1,4,7,9,12,18H,2-3,5-6,8H2,(H2,17,19). The van der Waals surface area contributed by atoms with Gasteiger partial charge >= 0.3 is 0 Å². The maximum absolute atomic E-state index is 11.1. The van der Waals surface area contributed by atoms with Crippen LogP contribution < -0.4 is 11.1 Å². The van der Waals surface area contributed by atoms with E-state index in [1.807, 2.05) is 18.2 Å². The molecule has 3 N–H and O–H groups in total. The zero-order valence-electron chi connectivity index (χ0n) is 10.7. The first kappa shape index (κ1) is 14.8. The molecule has 0 radical (unpaired) electrons. The number of rotatable bonds is 4. The molecule has 1 aromatic carbocycles. The second-order valence-corrected chi connectivity index (χ2v) is 6.39. The van der Waals surface area contributed by atoms with Gasteiger partial charge in [-0.25, -0.2) is 0 Å². The number of carbonyl (C=O) groups excluding carboxylic acids is 1. The Balaban J connectivity index is 1.82. The smallest absolute Gasteiger partial charge is 0.220 e. The van der Waals surface area contributed by atoms with Gasteiger partial charge in [-0.3, -0.25) is 4.79 Å². The number of nitrogens with two attached hydrogens (primary N) is 1. The predicted octanol–water partition coefficient (Wildman–Crippen LogP) is 3.24. The molecule has 0 bridgehead atoms. The van der Waals surface area contributed by atoms with E-state index in [1.165, 1.54) is 0 Å². The van der Waals surface area contributed by atoms with E-state index >= 15 is 0 Å². The molecule has 104 valence electrons. The molecule has 19 heavy (non-hydrogen) atoms. The summed E-state index contributed by atoms with van der Waals surface area (Å²) in [5.41, 5.74) is 6.43. The molecule has 0 aliphatic heterocycles. The van der Waals surface area contributed by atoms with Gasteiger partial charge in [0.15, 0.2) is 0 Å². The molecule has 1 amide bonds. The van der Waals surface area contributed by atoms with Crippen LogP contribution in [-0.2, 0) is 11.3 Å². The second kappa shape index (κ2) is 6.73. The van der Waals surface area contributed by atoms with E-state index in [-0.39, 0.29) is 11.8 Å². The second-order valence-electron chi connectivity index (χ2n) is 5.07. The van der Waals surface area contributed by atoms with Crippen molar-refractivity contribution in [2.24, 2.45) is 11.7 Å². The van der Waals surface area contributed by atoms with Gasteiger partial charge in [0.2, 0.25) is 5.91 Å². The van der Waals surface area contributed by atoms with Crippen LogP contribution in [0, 0.1) is 5.92 Å². The van der Waals surface area contributed by atoms with Crippen molar-refractivity contribution in [3.63, 3.8) is 0 Å². The van der Waals surface area contributed by atoms with Crippen molar-refractivity contribution in [1.82, 2.24) is 5.32 Å². The number of amides is 1. The van der Waals surface area contributed by atoms with Gasteiger partial charge in [-0.2, -0.15) is 0 Å². The number of nitrogens with one attached hydrogen (secondary N) is 1. The highest BCUT2D eigenvalue weighted by Crippen LogP contribution is 2.25. The Kier molecular flexibility index (Phi) is 5.25. The van der Waals surface area contributed by atoms with Crippen LogP contribution in [0.1, 0.15) is 31.2 Å². The first-order valence-corrected chi connectivity index (χ1v) is 7.70. The van der Waals surface area contributed by atoms with Gasteiger partial charge in [-0.15, -0.1) is 0 Å². The fraction of sp³-hybridized carbons (Fsp3) is 0.500. The molecule has 3 nitrogen and oxygen atoms in total. The molecular formula is C14H18BrClN2O. The van der Waals surface area contributed by atoms with Crippen LogP contribution >= 0.6 is 27.5 Å². The SMILES string of the molecule is NC(=O)C1CCC(NCc2ccc(Br)cc2Cl)CC1. The number of hydrogen-bond acceptors (Lipinski definition) is 2. The average Bonchev–Trinajstić information content (AvgIpc) is 2.38. The Morgan fingerprint density at radius 3 is 2.63 bits per heavy atom. The lowest BCUT2D eigenvalue weighted by Crippen LogP contribution is -2.36. The van der Waals surface area contributed by atoms with E-state index < -0.39 is 0 Å². The predicted molar refractivity (Wildman–Crippen MR) is 80.9 cm³/mol. The molecule has 2 rings (SSSR count). The topological polar surface area (TPSA) is 55.1 Å². The van der Waals surface area contributed by atoms with Gasteiger partial charge < -0.3 is 11.1 Å². The quantitative estimate of drug-likeness (QED) is 0.880. The molecule has 1 aliphatic carbocycles. The third-order valence-electron chi connectivity index (χ3n) is 3.73. The summed E-state index contributed by atoms with van der Waals surface area (Å²) < 4.78 is 0.989. The monoisotopic (exact) mass is 344 g/mol. The molecule has 1 fully saturated rings. The van der Waals surface area contributed by atoms with E-state index in [2.05, 4.69) is 21.2 Å². The van der Waals surface area contributed by atoms with Gasteiger partial charge in [0, 0.05) is 28.0 Å². The van der Waals surface area contributed by atoms with Crippen molar-refractivity contribution >= 4 is 33.4 Å². The first-order valence-electron chi connectivity index (χ1n) is 6.53. The lowest BCUT2D eigenvalue weighted by molar-refractivity contribution is -0.122. The summed E-state index contributed by atoms with van der Waals surface area (Å²) in [4.78, 5) is 11.1. The zero-order valence-corrected chi connectivity index (χ0v) is 13.0. The van der Waals surface area contributed by atoms with E-state index in [4.69, 9.17) is 17.3 Å². The van der Waals surface area contributed by atoms with Crippen LogP contribution in [0.4, 0.5) is 0 Å². The highest BCUT2D eigenvalue weighted by atomic mass is 79.9. The van der Waals surface area contributed by atoms with Crippen LogP contribution in [0.5, 0.6) is 0 Å². The maximum Gasteiger partial charge on any atom is 0.220 e. The largest absolute Gasteiger partial charge is 0.369 e. The summed E-state index contributed by atoms with van der Waals surface area (Å²) in [7, 11) is 0. The van der Waals surface area contributed by atoms with E-state index in [9.17, 15) is 4.79 Å². The molecule has 1 aromatic rings. The number of benzene rings is 1. The number of halogens is 2. The summed E-state index contributed by atoms with van der Waals surface area (Å²) in [6.45, 7) is 0.762. The summed E-state index contributed by atoms with van der Waals surface area (Å²) in [5.74, 6) is -0.0938. The molecule has 0 unspecified atom stereocenters. The third kappa shape index (κ3) is 4.20. The molecule has 5 heteroatoms. The van der Waals surface area contributed by atoms with E-state index in [0.717, 1.165) is 47.3 Å². The normalized spacial score (nSPS) is 23.3.